The number of thiophene rings is 1. The normalized spacial score (nSPS) is 10.4. The summed E-state index contributed by atoms with van der Waals surface area (Å²) in [5, 5.41) is 11.5. The summed E-state index contributed by atoms with van der Waals surface area (Å²) in [6, 6.07) is 7.07. The van der Waals surface area contributed by atoms with E-state index in [1.54, 1.807) is 19.2 Å². The van der Waals surface area contributed by atoms with Gasteiger partial charge >= 0.3 is 0 Å². The molecule has 1 aromatic heterocycles. The van der Waals surface area contributed by atoms with Crippen LogP contribution in [0.2, 0.25) is 0 Å². The lowest BCUT2D eigenvalue weighted by Gasteiger charge is -1.99. The second-order valence-corrected chi connectivity index (χ2v) is 3.83. The molecule has 2 aromatic rings. The van der Waals surface area contributed by atoms with Gasteiger partial charge in [-0.25, -0.2) is 0 Å². The van der Waals surface area contributed by atoms with Crippen LogP contribution in [0, 0.1) is 0 Å². The largest absolute Gasteiger partial charge is 0.544 e. The highest BCUT2D eigenvalue weighted by molar-refractivity contribution is 7.21. The molecular formula is C10H7O3S-. The number of carbonyl (C=O) groups excluding carboxylic acids is 1. The molecule has 0 aliphatic rings. The number of methoxy groups -OCH3 is 1. The lowest BCUT2D eigenvalue weighted by Crippen LogP contribution is -2.20. The topological polar surface area (TPSA) is 49.4 Å². The monoisotopic (exact) mass is 207 g/mol. The fourth-order valence-corrected chi connectivity index (χ4v) is 2.28. The van der Waals surface area contributed by atoms with E-state index in [0.717, 1.165) is 10.1 Å². The Morgan fingerprint density at radius 2 is 2.29 bits per heavy atom. The van der Waals surface area contributed by atoms with E-state index in [2.05, 4.69) is 0 Å². The van der Waals surface area contributed by atoms with Crippen molar-refractivity contribution in [1.82, 2.24) is 0 Å². The average Bonchev–Trinajstić information content (AvgIpc) is 2.60. The fourth-order valence-electron chi connectivity index (χ4n) is 1.30. The third kappa shape index (κ3) is 1.33. The van der Waals surface area contributed by atoms with Crippen LogP contribution < -0.4 is 9.84 Å². The molecule has 72 valence electrons. The number of carboxylic acid groups (broad SMARTS) is 1. The summed E-state index contributed by atoms with van der Waals surface area (Å²) in [5.41, 5.74) is 0. The maximum absolute atomic E-state index is 10.6. The molecule has 0 fully saturated rings. The maximum Gasteiger partial charge on any atom is 0.136 e. The zero-order valence-electron chi connectivity index (χ0n) is 7.44. The van der Waals surface area contributed by atoms with Gasteiger partial charge in [0.2, 0.25) is 0 Å². The first-order chi connectivity index (χ1) is 6.72. The SMILES string of the molecule is COc1cccc2cc(C(=O)[O-])sc12. The fraction of sp³-hybridized carbons (Fsp3) is 0.100. The van der Waals surface area contributed by atoms with E-state index < -0.39 is 5.97 Å². The van der Waals surface area contributed by atoms with Crippen molar-refractivity contribution in [1.29, 1.82) is 0 Å². The van der Waals surface area contributed by atoms with Gasteiger partial charge in [0.1, 0.15) is 5.75 Å². The van der Waals surface area contributed by atoms with E-state index in [0.29, 0.717) is 5.75 Å². The third-order valence-corrected chi connectivity index (χ3v) is 3.07. The van der Waals surface area contributed by atoms with E-state index in [4.69, 9.17) is 4.74 Å². The number of carboxylic acids is 1. The maximum atomic E-state index is 10.6. The lowest BCUT2D eigenvalue weighted by molar-refractivity contribution is -0.254. The Hall–Kier alpha value is -1.55. The summed E-state index contributed by atoms with van der Waals surface area (Å²) in [4.78, 5) is 10.9. The molecule has 0 saturated carbocycles. The van der Waals surface area contributed by atoms with Gasteiger partial charge in [-0.05, 0) is 17.5 Å². The Morgan fingerprint density at radius 1 is 1.50 bits per heavy atom. The van der Waals surface area contributed by atoms with E-state index in [1.807, 2.05) is 12.1 Å². The zero-order valence-corrected chi connectivity index (χ0v) is 8.26. The Morgan fingerprint density at radius 3 is 2.93 bits per heavy atom. The number of ether oxygens (including phenoxy) is 1. The van der Waals surface area contributed by atoms with Crippen molar-refractivity contribution >= 4 is 27.4 Å². The number of hydrogen-bond acceptors (Lipinski definition) is 4. The van der Waals surface area contributed by atoms with Gasteiger partial charge in [-0.1, -0.05) is 12.1 Å². The second kappa shape index (κ2) is 3.31. The smallest absolute Gasteiger partial charge is 0.136 e. The predicted molar refractivity (Wildman–Crippen MR) is 52.7 cm³/mol. The van der Waals surface area contributed by atoms with Crippen molar-refractivity contribution in [2.24, 2.45) is 0 Å². The van der Waals surface area contributed by atoms with Crippen LogP contribution in [-0.2, 0) is 0 Å². The predicted octanol–water partition coefficient (Wildman–Crippen LogP) is 1.27. The van der Waals surface area contributed by atoms with E-state index >= 15 is 0 Å². The molecule has 3 nitrogen and oxygen atoms in total. The summed E-state index contributed by atoms with van der Waals surface area (Å²) in [6.45, 7) is 0. The van der Waals surface area contributed by atoms with E-state index in [-0.39, 0.29) is 4.88 Å². The minimum absolute atomic E-state index is 0.226. The van der Waals surface area contributed by atoms with Gasteiger partial charge in [0.05, 0.1) is 22.7 Å². The first kappa shape index (κ1) is 9.02. The van der Waals surface area contributed by atoms with Gasteiger partial charge in [-0.2, -0.15) is 0 Å². The highest BCUT2D eigenvalue weighted by Gasteiger charge is 2.06. The molecule has 0 N–H and O–H groups in total. The van der Waals surface area contributed by atoms with Gasteiger partial charge in [0.25, 0.3) is 0 Å². The number of fused-ring (bicyclic) bond motifs is 1. The van der Waals surface area contributed by atoms with Gasteiger partial charge < -0.3 is 14.6 Å². The van der Waals surface area contributed by atoms with Crippen LogP contribution in [0.5, 0.6) is 5.75 Å². The molecule has 0 radical (unpaired) electrons. The molecule has 0 aliphatic heterocycles. The summed E-state index contributed by atoms with van der Waals surface area (Å²) >= 11 is 1.17. The molecule has 0 bridgehead atoms. The molecule has 1 heterocycles. The highest BCUT2D eigenvalue weighted by Crippen LogP contribution is 2.32. The number of aromatic carboxylic acids is 1. The Kier molecular flexibility index (Phi) is 2.13. The van der Waals surface area contributed by atoms with Gasteiger partial charge in [0, 0.05) is 0 Å². The quantitative estimate of drug-likeness (QED) is 0.745. The zero-order chi connectivity index (χ0) is 10.1. The van der Waals surface area contributed by atoms with Crippen LogP contribution in [-0.4, -0.2) is 13.1 Å². The average molecular weight is 207 g/mol. The Bertz CT molecular complexity index is 487. The van der Waals surface area contributed by atoms with Crippen molar-refractivity contribution < 1.29 is 14.6 Å². The summed E-state index contributed by atoms with van der Waals surface area (Å²) in [6.07, 6.45) is 0. The number of hydrogen-bond donors (Lipinski definition) is 0. The number of carbonyl (C=O) groups is 1. The van der Waals surface area contributed by atoms with Crippen molar-refractivity contribution in [3.63, 3.8) is 0 Å². The van der Waals surface area contributed by atoms with Gasteiger partial charge in [0.15, 0.2) is 0 Å². The van der Waals surface area contributed by atoms with Gasteiger partial charge in [-0.15, -0.1) is 11.3 Å². The summed E-state index contributed by atoms with van der Waals surface area (Å²) in [7, 11) is 1.56. The van der Waals surface area contributed by atoms with Gasteiger partial charge in [-0.3, -0.25) is 0 Å². The first-order valence-electron chi connectivity index (χ1n) is 4.00. The highest BCUT2D eigenvalue weighted by atomic mass is 32.1. The van der Waals surface area contributed by atoms with E-state index in [1.165, 1.54) is 11.3 Å². The molecule has 0 amide bonds. The molecule has 0 aliphatic carbocycles. The van der Waals surface area contributed by atoms with Crippen LogP contribution >= 0.6 is 11.3 Å². The molecule has 0 saturated heterocycles. The minimum atomic E-state index is -1.15. The summed E-state index contributed by atoms with van der Waals surface area (Å²) < 4.78 is 5.96. The number of benzene rings is 1. The van der Waals surface area contributed by atoms with Crippen molar-refractivity contribution in [2.45, 2.75) is 0 Å². The van der Waals surface area contributed by atoms with Crippen LogP contribution in [0.25, 0.3) is 10.1 Å². The third-order valence-electron chi connectivity index (χ3n) is 1.93. The van der Waals surface area contributed by atoms with Crippen molar-refractivity contribution in [2.75, 3.05) is 7.11 Å². The molecule has 14 heavy (non-hydrogen) atoms. The second-order valence-electron chi connectivity index (χ2n) is 2.78. The first-order valence-corrected chi connectivity index (χ1v) is 4.82. The molecule has 0 atom stereocenters. The molecule has 2 rings (SSSR count). The molecule has 0 spiro atoms. The molecule has 4 heteroatoms. The standard InChI is InChI=1S/C10H8O3S/c1-13-7-4-2-3-6-5-8(10(11)12)14-9(6)7/h2-5H,1H3,(H,11,12)/p-1. The Labute approximate surface area is 84.6 Å². The number of rotatable bonds is 2. The van der Waals surface area contributed by atoms with Crippen LogP contribution in [0.4, 0.5) is 0 Å². The van der Waals surface area contributed by atoms with E-state index in [9.17, 15) is 9.90 Å². The molecule has 1 aromatic carbocycles. The van der Waals surface area contributed by atoms with Crippen LogP contribution in [0.1, 0.15) is 9.67 Å². The van der Waals surface area contributed by atoms with Crippen LogP contribution in [0.15, 0.2) is 24.3 Å². The van der Waals surface area contributed by atoms with Crippen molar-refractivity contribution in [3.05, 3.63) is 29.1 Å². The summed E-state index contributed by atoms with van der Waals surface area (Å²) in [5.74, 6) is -0.451. The molecule has 0 unspecified atom stereocenters. The lowest BCUT2D eigenvalue weighted by atomic mass is 10.2. The molecular weight excluding hydrogens is 200 g/mol. The minimum Gasteiger partial charge on any atom is -0.544 e. The van der Waals surface area contributed by atoms with Crippen LogP contribution in [0.3, 0.4) is 0 Å². The Balaban J connectivity index is 2.70. The van der Waals surface area contributed by atoms with Crippen molar-refractivity contribution in [3.8, 4) is 5.75 Å².